The lowest BCUT2D eigenvalue weighted by molar-refractivity contribution is 0.244. The van der Waals surface area contributed by atoms with Crippen molar-refractivity contribution in [2.45, 2.75) is 57.1 Å². The van der Waals surface area contributed by atoms with Gasteiger partial charge in [-0.1, -0.05) is 6.92 Å². The molecule has 7 heteroatoms. The Morgan fingerprint density at radius 2 is 1.95 bits per heavy atom. The first kappa shape index (κ1) is 15.5. The summed E-state index contributed by atoms with van der Waals surface area (Å²) < 4.78 is 26.9. The maximum absolute atomic E-state index is 12.7. The molecule has 0 unspecified atom stereocenters. The SMILES string of the molecule is Cc1[nH]nc(CO)c1S(=O)(=O)N(C)C1CCC(C)CC1. The van der Waals surface area contributed by atoms with Crippen LogP contribution < -0.4 is 0 Å². The number of H-pyrrole nitrogens is 1. The summed E-state index contributed by atoms with van der Waals surface area (Å²) in [5, 5.41) is 15.8. The van der Waals surface area contributed by atoms with Gasteiger partial charge >= 0.3 is 0 Å². The minimum Gasteiger partial charge on any atom is -0.390 e. The van der Waals surface area contributed by atoms with Crippen molar-refractivity contribution in [3.63, 3.8) is 0 Å². The maximum Gasteiger partial charge on any atom is 0.246 e. The Labute approximate surface area is 120 Å². The molecule has 0 atom stereocenters. The molecule has 0 saturated heterocycles. The lowest BCUT2D eigenvalue weighted by Crippen LogP contribution is -2.39. The zero-order chi connectivity index (χ0) is 14.9. The molecule has 1 saturated carbocycles. The first-order valence-corrected chi connectivity index (χ1v) is 8.44. The van der Waals surface area contributed by atoms with Crippen LogP contribution in [-0.2, 0) is 16.6 Å². The molecule has 2 N–H and O–H groups in total. The standard InChI is InChI=1S/C13H23N3O3S/c1-9-4-6-11(7-5-9)16(3)20(18,19)13-10(2)14-15-12(13)8-17/h9,11,17H,4-8H2,1-3H3,(H,14,15). The van der Waals surface area contributed by atoms with Gasteiger partial charge in [0.05, 0.1) is 12.3 Å². The molecule has 2 rings (SSSR count). The Morgan fingerprint density at radius 1 is 1.35 bits per heavy atom. The third-order valence-corrected chi connectivity index (χ3v) is 6.36. The van der Waals surface area contributed by atoms with Crippen molar-refractivity contribution in [1.29, 1.82) is 0 Å². The number of hydrogen-bond donors (Lipinski definition) is 2. The van der Waals surface area contributed by atoms with Crippen LogP contribution in [0.25, 0.3) is 0 Å². The molecule has 1 aliphatic rings. The van der Waals surface area contributed by atoms with E-state index >= 15 is 0 Å². The average molecular weight is 301 g/mol. The van der Waals surface area contributed by atoms with Crippen molar-refractivity contribution in [3.8, 4) is 0 Å². The predicted octanol–water partition coefficient (Wildman–Crippen LogP) is 1.41. The van der Waals surface area contributed by atoms with Gasteiger partial charge in [-0.15, -0.1) is 0 Å². The molecule has 0 aromatic carbocycles. The summed E-state index contributed by atoms with van der Waals surface area (Å²) in [6.07, 6.45) is 3.90. The molecule has 20 heavy (non-hydrogen) atoms. The van der Waals surface area contributed by atoms with Gasteiger partial charge in [0, 0.05) is 13.1 Å². The molecule has 1 aromatic heterocycles. The molecular weight excluding hydrogens is 278 g/mol. The van der Waals surface area contributed by atoms with Gasteiger partial charge in [-0.05, 0) is 38.5 Å². The van der Waals surface area contributed by atoms with Crippen molar-refractivity contribution in [2.24, 2.45) is 5.92 Å². The fraction of sp³-hybridized carbons (Fsp3) is 0.769. The molecule has 1 aliphatic carbocycles. The first-order chi connectivity index (χ1) is 9.37. The average Bonchev–Trinajstić information content (AvgIpc) is 2.80. The summed E-state index contributed by atoms with van der Waals surface area (Å²) in [5.74, 6) is 0.672. The summed E-state index contributed by atoms with van der Waals surface area (Å²) >= 11 is 0. The molecule has 0 spiro atoms. The number of hydrogen-bond acceptors (Lipinski definition) is 4. The van der Waals surface area contributed by atoms with Crippen LogP contribution in [0.15, 0.2) is 4.90 Å². The second-order valence-electron chi connectivity index (χ2n) is 5.72. The molecule has 1 heterocycles. The molecule has 0 radical (unpaired) electrons. The van der Waals surface area contributed by atoms with Crippen LogP contribution in [0.5, 0.6) is 0 Å². The molecule has 1 fully saturated rings. The predicted molar refractivity (Wildman–Crippen MR) is 75.6 cm³/mol. The summed E-state index contributed by atoms with van der Waals surface area (Å²) in [6, 6.07) is 0.0389. The number of rotatable bonds is 4. The van der Waals surface area contributed by atoms with E-state index in [-0.39, 0.29) is 23.2 Å². The quantitative estimate of drug-likeness (QED) is 0.880. The van der Waals surface area contributed by atoms with E-state index in [0.717, 1.165) is 25.7 Å². The van der Waals surface area contributed by atoms with E-state index in [1.54, 1.807) is 14.0 Å². The highest BCUT2D eigenvalue weighted by atomic mass is 32.2. The highest BCUT2D eigenvalue weighted by Gasteiger charge is 2.34. The van der Waals surface area contributed by atoms with Crippen LogP contribution in [0.4, 0.5) is 0 Å². The summed E-state index contributed by atoms with van der Waals surface area (Å²) in [4.78, 5) is 0.126. The van der Waals surface area contributed by atoms with Gasteiger partial charge in [0.25, 0.3) is 0 Å². The topological polar surface area (TPSA) is 86.3 Å². The highest BCUT2D eigenvalue weighted by molar-refractivity contribution is 7.89. The monoisotopic (exact) mass is 301 g/mol. The normalized spacial score (nSPS) is 24.2. The van der Waals surface area contributed by atoms with E-state index in [9.17, 15) is 13.5 Å². The highest BCUT2D eigenvalue weighted by Crippen LogP contribution is 2.31. The number of nitrogens with one attached hydrogen (secondary N) is 1. The summed E-state index contributed by atoms with van der Waals surface area (Å²) in [6.45, 7) is 3.49. The minimum absolute atomic E-state index is 0.0389. The van der Waals surface area contributed by atoms with Gasteiger partial charge in [-0.25, -0.2) is 8.42 Å². The Bertz CT molecular complexity index is 559. The van der Waals surface area contributed by atoms with Crippen molar-refractivity contribution in [3.05, 3.63) is 11.4 Å². The Morgan fingerprint density at radius 3 is 2.50 bits per heavy atom. The zero-order valence-electron chi connectivity index (χ0n) is 12.3. The summed E-state index contributed by atoms with van der Waals surface area (Å²) in [7, 11) is -1.98. The van der Waals surface area contributed by atoms with Gasteiger partial charge in [-0.2, -0.15) is 9.40 Å². The number of aliphatic hydroxyl groups is 1. The lowest BCUT2D eigenvalue weighted by Gasteiger charge is -2.32. The van der Waals surface area contributed by atoms with Crippen LogP contribution in [-0.4, -0.2) is 41.1 Å². The van der Waals surface area contributed by atoms with Crippen molar-refractivity contribution in [1.82, 2.24) is 14.5 Å². The molecular formula is C13H23N3O3S. The van der Waals surface area contributed by atoms with Crippen LogP contribution in [0.3, 0.4) is 0 Å². The van der Waals surface area contributed by atoms with Gasteiger partial charge in [0.2, 0.25) is 10.0 Å². The molecule has 0 amide bonds. The third-order valence-electron chi connectivity index (χ3n) is 4.25. The van der Waals surface area contributed by atoms with E-state index in [0.29, 0.717) is 11.6 Å². The lowest BCUT2D eigenvalue weighted by atomic mass is 9.87. The molecule has 114 valence electrons. The fourth-order valence-electron chi connectivity index (χ4n) is 2.87. The zero-order valence-corrected chi connectivity index (χ0v) is 13.1. The first-order valence-electron chi connectivity index (χ1n) is 7.00. The Kier molecular flexibility index (Phi) is 4.51. The van der Waals surface area contributed by atoms with E-state index in [4.69, 9.17) is 0 Å². The van der Waals surface area contributed by atoms with Crippen molar-refractivity contribution in [2.75, 3.05) is 7.05 Å². The number of aliphatic hydroxyl groups excluding tert-OH is 1. The van der Waals surface area contributed by atoms with Crippen LogP contribution >= 0.6 is 0 Å². The third kappa shape index (κ3) is 2.75. The number of aryl methyl sites for hydroxylation is 1. The molecule has 1 aromatic rings. The van der Waals surface area contributed by atoms with Crippen molar-refractivity contribution >= 4 is 10.0 Å². The van der Waals surface area contributed by atoms with E-state index in [1.807, 2.05) is 0 Å². The smallest absolute Gasteiger partial charge is 0.246 e. The fourth-order valence-corrected chi connectivity index (χ4v) is 4.60. The molecule has 0 aliphatic heterocycles. The number of aromatic nitrogens is 2. The minimum atomic E-state index is -3.61. The summed E-state index contributed by atoms with van der Waals surface area (Å²) in [5.41, 5.74) is 0.670. The van der Waals surface area contributed by atoms with E-state index in [1.165, 1.54) is 4.31 Å². The Balaban J connectivity index is 2.27. The Hall–Kier alpha value is -0.920. The van der Waals surface area contributed by atoms with Gasteiger partial charge < -0.3 is 5.11 Å². The maximum atomic E-state index is 12.7. The van der Waals surface area contributed by atoms with Crippen LogP contribution in [0.1, 0.15) is 44.0 Å². The number of aromatic amines is 1. The second kappa shape index (κ2) is 5.83. The van der Waals surface area contributed by atoms with E-state index < -0.39 is 10.0 Å². The van der Waals surface area contributed by atoms with Crippen LogP contribution in [0.2, 0.25) is 0 Å². The number of nitrogens with zero attached hydrogens (tertiary/aromatic N) is 2. The van der Waals surface area contributed by atoms with Crippen molar-refractivity contribution < 1.29 is 13.5 Å². The molecule has 6 nitrogen and oxygen atoms in total. The van der Waals surface area contributed by atoms with Gasteiger partial charge in [0.1, 0.15) is 10.6 Å². The van der Waals surface area contributed by atoms with Gasteiger partial charge in [-0.3, -0.25) is 5.10 Å². The van der Waals surface area contributed by atoms with Gasteiger partial charge in [0.15, 0.2) is 0 Å². The number of sulfonamides is 1. The van der Waals surface area contributed by atoms with E-state index in [2.05, 4.69) is 17.1 Å². The molecule has 0 bridgehead atoms. The largest absolute Gasteiger partial charge is 0.390 e. The second-order valence-corrected chi connectivity index (χ2v) is 7.65. The van der Waals surface area contributed by atoms with Crippen LogP contribution in [0, 0.1) is 12.8 Å².